The van der Waals surface area contributed by atoms with Crippen molar-refractivity contribution >= 4 is 0 Å². The Balaban J connectivity index is 3.44. The Hall–Kier alpha value is -0.160. The van der Waals surface area contributed by atoms with Crippen molar-refractivity contribution in [3.05, 3.63) is 0 Å². The Labute approximate surface area is 106 Å². The zero-order valence-corrected chi connectivity index (χ0v) is 11.9. The maximum Gasteiger partial charge on any atom is 0.0781 e. The molecule has 0 spiro atoms. The summed E-state index contributed by atoms with van der Waals surface area (Å²) in [6.07, 6.45) is 2.68. The van der Waals surface area contributed by atoms with Crippen LogP contribution in [0, 0.1) is 0 Å². The first-order chi connectivity index (χ1) is 8.10. The number of ether oxygens (including phenoxy) is 2. The first-order valence-corrected chi connectivity index (χ1v) is 6.76. The fourth-order valence-electron chi connectivity index (χ4n) is 1.31. The fraction of sp³-hybridized carbons (Fsp3) is 1.00. The normalized spacial score (nSPS) is 16.8. The fourth-order valence-corrected chi connectivity index (χ4v) is 1.31. The van der Waals surface area contributed by atoms with Gasteiger partial charge in [0, 0.05) is 12.6 Å². The molecule has 0 aliphatic heterocycles. The van der Waals surface area contributed by atoms with Gasteiger partial charge in [0.2, 0.25) is 0 Å². The molecule has 0 rings (SSSR count). The van der Waals surface area contributed by atoms with E-state index >= 15 is 0 Å². The van der Waals surface area contributed by atoms with Crippen molar-refractivity contribution in [2.24, 2.45) is 5.73 Å². The second kappa shape index (κ2) is 11.0. The van der Waals surface area contributed by atoms with Crippen LogP contribution in [0.25, 0.3) is 0 Å². The highest BCUT2D eigenvalue weighted by molar-refractivity contribution is 4.61. The van der Waals surface area contributed by atoms with Gasteiger partial charge in [0.25, 0.3) is 0 Å². The molecule has 0 aliphatic rings. The van der Waals surface area contributed by atoms with Crippen LogP contribution < -0.4 is 11.1 Å². The van der Waals surface area contributed by atoms with Crippen LogP contribution in [-0.2, 0) is 9.47 Å². The van der Waals surface area contributed by atoms with E-state index in [1.54, 1.807) is 0 Å². The molecule has 0 saturated heterocycles. The maximum atomic E-state index is 5.70. The van der Waals surface area contributed by atoms with Crippen LogP contribution in [0.15, 0.2) is 0 Å². The third-order valence-corrected chi connectivity index (χ3v) is 2.60. The highest BCUT2D eigenvalue weighted by Gasteiger charge is 2.08. The topological polar surface area (TPSA) is 56.5 Å². The third kappa shape index (κ3) is 10.7. The van der Waals surface area contributed by atoms with Crippen molar-refractivity contribution in [1.82, 2.24) is 5.32 Å². The SMILES string of the molecule is CCCCNC(C)COC(C)COC(C)CN. The van der Waals surface area contributed by atoms with Crippen molar-refractivity contribution in [1.29, 1.82) is 0 Å². The number of unbranched alkanes of at least 4 members (excludes halogenated alkanes) is 1. The molecule has 4 heteroatoms. The van der Waals surface area contributed by atoms with E-state index in [9.17, 15) is 0 Å². The molecular weight excluding hydrogens is 216 g/mol. The largest absolute Gasteiger partial charge is 0.375 e. The molecule has 0 bridgehead atoms. The lowest BCUT2D eigenvalue weighted by molar-refractivity contribution is -0.0332. The molecule has 0 aliphatic carbocycles. The molecule has 3 unspecified atom stereocenters. The third-order valence-electron chi connectivity index (χ3n) is 2.60. The van der Waals surface area contributed by atoms with E-state index in [0.29, 0.717) is 19.2 Å². The summed E-state index contributed by atoms with van der Waals surface area (Å²) in [4.78, 5) is 0. The number of hydrogen-bond donors (Lipinski definition) is 2. The van der Waals surface area contributed by atoms with Crippen molar-refractivity contribution < 1.29 is 9.47 Å². The first-order valence-electron chi connectivity index (χ1n) is 6.76. The minimum atomic E-state index is 0.112. The summed E-state index contributed by atoms with van der Waals surface area (Å²) in [5.41, 5.74) is 5.47. The zero-order chi connectivity index (χ0) is 13.1. The highest BCUT2D eigenvalue weighted by atomic mass is 16.5. The van der Waals surface area contributed by atoms with E-state index in [-0.39, 0.29) is 12.2 Å². The van der Waals surface area contributed by atoms with Gasteiger partial charge in [-0.05, 0) is 33.7 Å². The molecule has 0 radical (unpaired) electrons. The van der Waals surface area contributed by atoms with Gasteiger partial charge in [-0.1, -0.05) is 13.3 Å². The average molecular weight is 246 g/mol. The highest BCUT2D eigenvalue weighted by Crippen LogP contribution is 1.97. The molecule has 3 N–H and O–H groups in total. The van der Waals surface area contributed by atoms with Crippen LogP contribution in [0.3, 0.4) is 0 Å². The molecule has 0 aromatic carbocycles. The van der Waals surface area contributed by atoms with E-state index in [2.05, 4.69) is 19.2 Å². The van der Waals surface area contributed by atoms with Gasteiger partial charge in [-0.25, -0.2) is 0 Å². The van der Waals surface area contributed by atoms with Gasteiger partial charge in [-0.2, -0.15) is 0 Å². The summed E-state index contributed by atoms with van der Waals surface area (Å²) in [6, 6.07) is 0.399. The molecule has 0 saturated carbocycles. The molecule has 104 valence electrons. The van der Waals surface area contributed by atoms with Gasteiger partial charge in [0.15, 0.2) is 0 Å². The molecule has 0 amide bonds. The Bertz CT molecular complexity index is 167. The number of rotatable bonds is 11. The van der Waals surface area contributed by atoms with Crippen LogP contribution >= 0.6 is 0 Å². The first kappa shape index (κ1) is 16.8. The Morgan fingerprint density at radius 1 is 1.06 bits per heavy atom. The summed E-state index contributed by atoms with van der Waals surface area (Å²) < 4.78 is 11.2. The van der Waals surface area contributed by atoms with Gasteiger partial charge in [-0.15, -0.1) is 0 Å². The molecule has 0 heterocycles. The van der Waals surface area contributed by atoms with Crippen LogP contribution in [-0.4, -0.2) is 44.6 Å². The number of nitrogens with one attached hydrogen (secondary N) is 1. The van der Waals surface area contributed by atoms with Gasteiger partial charge in [0.05, 0.1) is 25.4 Å². The van der Waals surface area contributed by atoms with E-state index < -0.39 is 0 Å². The van der Waals surface area contributed by atoms with Gasteiger partial charge < -0.3 is 20.5 Å². The van der Waals surface area contributed by atoms with Crippen molar-refractivity contribution in [2.75, 3.05) is 26.3 Å². The molecule has 17 heavy (non-hydrogen) atoms. The Morgan fingerprint density at radius 3 is 2.29 bits per heavy atom. The van der Waals surface area contributed by atoms with Gasteiger partial charge in [0.1, 0.15) is 0 Å². The minimum Gasteiger partial charge on any atom is -0.375 e. The number of hydrogen-bond acceptors (Lipinski definition) is 4. The predicted molar refractivity (Wildman–Crippen MR) is 72.3 cm³/mol. The lowest BCUT2D eigenvalue weighted by Crippen LogP contribution is -2.34. The van der Waals surface area contributed by atoms with Crippen LogP contribution in [0.1, 0.15) is 40.5 Å². The maximum absolute atomic E-state index is 5.70. The van der Waals surface area contributed by atoms with Crippen molar-refractivity contribution in [2.45, 2.75) is 58.8 Å². The average Bonchev–Trinajstić information content (AvgIpc) is 2.33. The van der Waals surface area contributed by atoms with E-state index in [0.717, 1.165) is 13.2 Å². The molecule has 0 fully saturated rings. The van der Waals surface area contributed by atoms with Crippen LogP contribution in [0.5, 0.6) is 0 Å². The zero-order valence-electron chi connectivity index (χ0n) is 11.9. The van der Waals surface area contributed by atoms with Crippen molar-refractivity contribution in [3.63, 3.8) is 0 Å². The lowest BCUT2D eigenvalue weighted by Gasteiger charge is -2.19. The summed E-state index contributed by atoms with van der Waals surface area (Å²) in [6.45, 7) is 11.3. The van der Waals surface area contributed by atoms with Crippen LogP contribution in [0.4, 0.5) is 0 Å². The second-order valence-electron chi connectivity index (χ2n) is 4.73. The Kier molecular flexibility index (Phi) is 10.9. The minimum absolute atomic E-state index is 0.112. The molecule has 0 aromatic rings. The standard InChI is InChI=1S/C13H30N2O2/c1-5-6-7-15-11(2)9-16-13(4)10-17-12(3)8-14/h11-13,15H,5-10,14H2,1-4H3. The summed E-state index contributed by atoms with van der Waals surface area (Å²) in [5.74, 6) is 0. The summed E-state index contributed by atoms with van der Waals surface area (Å²) in [5, 5.41) is 3.43. The van der Waals surface area contributed by atoms with Gasteiger partial charge in [-0.3, -0.25) is 0 Å². The second-order valence-corrected chi connectivity index (χ2v) is 4.73. The molecule has 0 aromatic heterocycles. The van der Waals surface area contributed by atoms with Gasteiger partial charge >= 0.3 is 0 Å². The monoisotopic (exact) mass is 246 g/mol. The van der Waals surface area contributed by atoms with E-state index in [4.69, 9.17) is 15.2 Å². The molecule has 4 nitrogen and oxygen atoms in total. The van der Waals surface area contributed by atoms with Crippen LogP contribution in [0.2, 0.25) is 0 Å². The molecular formula is C13H30N2O2. The lowest BCUT2D eigenvalue weighted by atomic mass is 10.3. The summed E-state index contributed by atoms with van der Waals surface area (Å²) >= 11 is 0. The summed E-state index contributed by atoms with van der Waals surface area (Å²) in [7, 11) is 0. The Morgan fingerprint density at radius 2 is 1.71 bits per heavy atom. The number of nitrogens with two attached hydrogens (primary N) is 1. The quantitative estimate of drug-likeness (QED) is 0.543. The van der Waals surface area contributed by atoms with E-state index in [1.807, 2.05) is 13.8 Å². The van der Waals surface area contributed by atoms with E-state index in [1.165, 1.54) is 12.8 Å². The smallest absolute Gasteiger partial charge is 0.0781 e. The molecule has 3 atom stereocenters. The predicted octanol–water partition coefficient (Wildman–Crippen LogP) is 1.53. The van der Waals surface area contributed by atoms with Crippen molar-refractivity contribution in [3.8, 4) is 0 Å².